The molecule has 0 amide bonds. The van der Waals surface area contributed by atoms with E-state index >= 15 is 0 Å². The normalized spacial score (nSPS) is 21.3. The summed E-state index contributed by atoms with van der Waals surface area (Å²) in [6.07, 6.45) is 8.80. The summed E-state index contributed by atoms with van der Waals surface area (Å²) < 4.78 is 17.7. The number of hydrogen-bond acceptors (Lipinski definition) is 3. The molecule has 0 aromatic heterocycles. The van der Waals surface area contributed by atoms with Gasteiger partial charge in [-0.2, -0.15) is 0 Å². The highest BCUT2D eigenvalue weighted by atomic mass is 16.6. The highest BCUT2D eigenvalue weighted by molar-refractivity contribution is 5.28. The van der Waals surface area contributed by atoms with E-state index in [1.54, 1.807) is 0 Å². The number of unbranched alkanes of at least 4 members (excludes halogenated alkanes) is 4. The Morgan fingerprint density at radius 1 is 0.913 bits per heavy atom. The second-order valence-corrected chi connectivity index (χ2v) is 6.40. The van der Waals surface area contributed by atoms with E-state index in [1.165, 1.54) is 37.7 Å². The molecule has 0 spiro atoms. The molecule has 3 heteroatoms. The molecular formula is C20H32O3. The molecule has 1 saturated heterocycles. The summed E-state index contributed by atoms with van der Waals surface area (Å²) in [5.74, 6) is 0.947. The molecule has 1 aliphatic heterocycles. The second-order valence-electron chi connectivity index (χ2n) is 6.40. The summed E-state index contributed by atoms with van der Waals surface area (Å²) in [7, 11) is 0. The lowest BCUT2D eigenvalue weighted by Gasteiger charge is -2.29. The molecule has 0 saturated carbocycles. The number of benzene rings is 1. The third kappa shape index (κ3) is 6.52. The van der Waals surface area contributed by atoms with Crippen LogP contribution in [0.15, 0.2) is 24.3 Å². The maximum Gasteiger partial charge on any atom is 0.119 e. The minimum atomic E-state index is 0.0616. The van der Waals surface area contributed by atoms with Gasteiger partial charge in [0, 0.05) is 0 Å². The van der Waals surface area contributed by atoms with Gasteiger partial charge in [0.1, 0.15) is 11.9 Å². The molecule has 0 N–H and O–H groups in total. The standard InChI is InChI=1S/C20H32O3/c1-3-5-7-8-14-21-18-12-10-17(11-13-18)20-16-22-19(15-23-20)9-6-4-2/h10-13,19-20H,3-9,14-16H2,1-2H3/t19-,20-/m0/s1. The highest BCUT2D eigenvalue weighted by Gasteiger charge is 2.23. The van der Waals surface area contributed by atoms with Gasteiger partial charge < -0.3 is 14.2 Å². The SMILES string of the molecule is CCCCCCOc1ccc([C@@H]2CO[C@@H](CCCC)CO2)cc1. The predicted octanol–water partition coefficient (Wildman–Crippen LogP) is 5.29. The average Bonchev–Trinajstić information content (AvgIpc) is 2.61. The molecule has 0 aliphatic carbocycles. The van der Waals surface area contributed by atoms with Crippen LogP contribution < -0.4 is 4.74 Å². The molecule has 2 rings (SSSR count). The summed E-state index contributed by atoms with van der Waals surface area (Å²) in [4.78, 5) is 0. The molecule has 1 aromatic carbocycles. The van der Waals surface area contributed by atoms with E-state index < -0.39 is 0 Å². The zero-order valence-corrected chi connectivity index (χ0v) is 14.8. The molecule has 0 unspecified atom stereocenters. The Hall–Kier alpha value is -1.06. The van der Waals surface area contributed by atoms with Crippen LogP contribution in [0.2, 0.25) is 0 Å². The first-order chi connectivity index (χ1) is 11.3. The van der Waals surface area contributed by atoms with E-state index in [-0.39, 0.29) is 12.2 Å². The molecular weight excluding hydrogens is 288 g/mol. The first kappa shape index (κ1) is 18.3. The lowest BCUT2D eigenvalue weighted by Crippen LogP contribution is -2.31. The van der Waals surface area contributed by atoms with Crippen molar-refractivity contribution < 1.29 is 14.2 Å². The summed E-state index contributed by atoms with van der Waals surface area (Å²) >= 11 is 0. The van der Waals surface area contributed by atoms with Gasteiger partial charge in [-0.1, -0.05) is 58.1 Å². The lowest BCUT2D eigenvalue weighted by molar-refractivity contribution is -0.137. The molecule has 3 nitrogen and oxygen atoms in total. The van der Waals surface area contributed by atoms with E-state index in [9.17, 15) is 0 Å². The summed E-state index contributed by atoms with van der Waals surface area (Å²) in [5.41, 5.74) is 1.18. The zero-order valence-electron chi connectivity index (χ0n) is 14.8. The Morgan fingerprint density at radius 3 is 2.35 bits per heavy atom. The van der Waals surface area contributed by atoms with Gasteiger partial charge in [0.15, 0.2) is 0 Å². The van der Waals surface area contributed by atoms with Crippen molar-refractivity contribution in [2.45, 2.75) is 71.0 Å². The van der Waals surface area contributed by atoms with Gasteiger partial charge in [-0.25, -0.2) is 0 Å². The Labute approximate surface area is 141 Å². The lowest BCUT2D eigenvalue weighted by atomic mass is 10.1. The number of rotatable bonds is 10. The highest BCUT2D eigenvalue weighted by Crippen LogP contribution is 2.26. The van der Waals surface area contributed by atoms with Crippen LogP contribution in [0.25, 0.3) is 0 Å². The van der Waals surface area contributed by atoms with Crippen molar-refractivity contribution >= 4 is 0 Å². The monoisotopic (exact) mass is 320 g/mol. The molecule has 0 radical (unpaired) electrons. The minimum absolute atomic E-state index is 0.0616. The van der Waals surface area contributed by atoms with Gasteiger partial charge in [0.25, 0.3) is 0 Å². The van der Waals surface area contributed by atoms with E-state index in [2.05, 4.69) is 26.0 Å². The number of hydrogen-bond donors (Lipinski definition) is 0. The molecule has 1 fully saturated rings. The minimum Gasteiger partial charge on any atom is -0.494 e. The summed E-state index contributed by atoms with van der Waals surface area (Å²) in [6, 6.07) is 8.28. The summed E-state index contributed by atoms with van der Waals surface area (Å²) in [5, 5.41) is 0. The van der Waals surface area contributed by atoms with Crippen molar-refractivity contribution in [1.82, 2.24) is 0 Å². The van der Waals surface area contributed by atoms with Crippen LogP contribution in [-0.2, 0) is 9.47 Å². The first-order valence-electron chi connectivity index (χ1n) is 9.29. The van der Waals surface area contributed by atoms with E-state index in [0.717, 1.165) is 25.2 Å². The van der Waals surface area contributed by atoms with Crippen molar-refractivity contribution in [2.24, 2.45) is 0 Å². The van der Waals surface area contributed by atoms with Crippen LogP contribution in [0.3, 0.4) is 0 Å². The largest absolute Gasteiger partial charge is 0.494 e. The van der Waals surface area contributed by atoms with Crippen LogP contribution >= 0.6 is 0 Å². The smallest absolute Gasteiger partial charge is 0.119 e. The number of ether oxygens (including phenoxy) is 3. The van der Waals surface area contributed by atoms with E-state index in [0.29, 0.717) is 13.2 Å². The Kier molecular flexibility index (Phi) is 8.48. The van der Waals surface area contributed by atoms with Crippen LogP contribution in [-0.4, -0.2) is 25.9 Å². The Balaban J connectivity index is 1.70. The Morgan fingerprint density at radius 2 is 1.70 bits per heavy atom. The third-order valence-corrected chi connectivity index (χ3v) is 4.36. The van der Waals surface area contributed by atoms with Crippen LogP contribution in [0.5, 0.6) is 5.75 Å². The molecule has 1 aromatic rings. The molecule has 2 atom stereocenters. The maximum atomic E-state index is 5.97. The summed E-state index contributed by atoms with van der Waals surface area (Å²) in [6.45, 7) is 6.61. The quantitative estimate of drug-likeness (QED) is 0.548. The van der Waals surface area contributed by atoms with Crippen LogP contribution in [0, 0.1) is 0 Å². The van der Waals surface area contributed by atoms with Gasteiger partial charge in [0.05, 0.1) is 25.9 Å². The predicted molar refractivity (Wildman–Crippen MR) is 94.0 cm³/mol. The molecule has 1 heterocycles. The maximum absolute atomic E-state index is 5.97. The molecule has 1 aliphatic rings. The fourth-order valence-corrected chi connectivity index (χ4v) is 2.83. The zero-order chi connectivity index (χ0) is 16.3. The van der Waals surface area contributed by atoms with Crippen molar-refractivity contribution in [3.05, 3.63) is 29.8 Å². The average molecular weight is 320 g/mol. The fraction of sp³-hybridized carbons (Fsp3) is 0.700. The molecule has 130 valence electrons. The topological polar surface area (TPSA) is 27.7 Å². The van der Waals surface area contributed by atoms with Gasteiger partial charge in [0.2, 0.25) is 0 Å². The second kappa shape index (κ2) is 10.7. The fourth-order valence-electron chi connectivity index (χ4n) is 2.83. The van der Waals surface area contributed by atoms with Crippen LogP contribution in [0.1, 0.15) is 70.5 Å². The molecule has 23 heavy (non-hydrogen) atoms. The van der Waals surface area contributed by atoms with Crippen molar-refractivity contribution in [1.29, 1.82) is 0 Å². The van der Waals surface area contributed by atoms with Gasteiger partial charge in [-0.05, 0) is 30.5 Å². The van der Waals surface area contributed by atoms with E-state index in [1.807, 2.05) is 12.1 Å². The first-order valence-corrected chi connectivity index (χ1v) is 9.29. The third-order valence-electron chi connectivity index (χ3n) is 4.36. The van der Waals surface area contributed by atoms with Crippen molar-refractivity contribution in [3.8, 4) is 5.75 Å². The van der Waals surface area contributed by atoms with Gasteiger partial charge in [-0.15, -0.1) is 0 Å². The van der Waals surface area contributed by atoms with E-state index in [4.69, 9.17) is 14.2 Å². The Bertz CT molecular complexity index is 407. The van der Waals surface area contributed by atoms with Gasteiger partial charge in [-0.3, -0.25) is 0 Å². The van der Waals surface area contributed by atoms with Crippen molar-refractivity contribution in [3.63, 3.8) is 0 Å². The molecule has 0 bridgehead atoms. The van der Waals surface area contributed by atoms with Gasteiger partial charge >= 0.3 is 0 Å². The van der Waals surface area contributed by atoms with Crippen LogP contribution in [0.4, 0.5) is 0 Å². The van der Waals surface area contributed by atoms with Crippen molar-refractivity contribution in [2.75, 3.05) is 19.8 Å².